The number of nitrogens with zero attached hydrogens (tertiary/aromatic N) is 4. The van der Waals surface area contributed by atoms with E-state index in [1.807, 2.05) is 17.8 Å². The predicted octanol–water partition coefficient (Wildman–Crippen LogP) is 2.80. The summed E-state index contributed by atoms with van der Waals surface area (Å²) in [6, 6.07) is -0.285. The summed E-state index contributed by atoms with van der Waals surface area (Å²) in [6.45, 7) is 0. The molecule has 4 aliphatic rings. The van der Waals surface area contributed by atoms with Gasteiger partial charge in [0.25, 0.3) is 0 Å². The number of aryl methyl sites for hydroxylation is 1. The van der Waals surface area contributed by atoms with Crippen molar-refractivity contribution in [3.63, 3.8) is 0 Å². The van der Waals surface area contributed by atoms with Crippen molar-refractivity contribution in [3.05, 3.63) is 29.9 Å². The standard InChI is InChI=1S/C19H27N5O/c1-24-10-15(21-11-24)5-16(20)18-22-17(23-25-18)9-19-6-12-2-13(7-19)4-14(3-12)8-19/h10-14,16H,2-9,20H2,1H3/t12?,13?,14?,16-,19?/m0/s1. The van der Waals surface area contributed by atoms with Crippen molar-refractivity contribution >= 4 is 0 Å². The Morgan fingerprint density at radius 3 is 2.52 bits per heavy atom. The molecule has 25 heavy (non-hydrogen) atoms. The van der Waals surface area contributed by atoms with Crippen molar-refractivity contribution in [2.45, 2.75) is 57.4 Å². The first kappa shape index (κ1) is 15.6. The quantitative estimate of drug-likeness (QED) is 0.904. The van der Waals surface area contributed by atoms with Crippen LogP contribution in [-0.4, -0.2) is 19.7 Å². The number of rotatable bonds is 5. The summed E-state index contributed by atoms with van der Waals surface area (Å²) in [4.78, 5) is 8.98. The molecule has 0 unspecified atom stereocenters. The third-order valence-electron chi connectivity index (χ3n) is 6.69. The molecule has 2 aromatic rings. The molecule has 6 nitrogen and oxygen atoms in total. The zero-order valence-corrected chi connectivity index (χ0v) is 14.9. The van der Waals surface area contributed by atoms with Crippen molar-refractivity contribution < 1.29 is 4.52 Å². The van der Waals surface area contributed by atoms with E-state index in [2.05, 4.69) is 15.1 Å². The van der Waals surface area contributed by atoms with E-state index >= 15 is 0 Å². The average Bonchev–Trinajstić information content (AvgIpc) is 3.14. The van der Waals surface area contributed by atoms with Crippen LogP contribution in [-0.2, 0) is 19.9 Å². The molecule has 6 heteroatoms. The van der Waals surface area contributed by atoms with E-state index in [4.69, 9.17) is 10.3 Å². The lowest BCUT2D eigenvalue weighted by atomic mass is 9.49. The van der Waals surface area contributed by atoms with Gasteiger partial charge in [0.15, 0.2) is 5.82 Å². The van der Waals surface area contributed by atoms with E-state index in [0.717, 1.165) is 35.7 Å². The van der Waals surface area contributed by atoms with Crippen LogP contribution >= 0.6 is 0 Å². The second-order valence-electron chi connectivity index (χ2n) is 8.98. The van der Waals surface area contributed by atoms with Gasteiger partial charge in [0, 0.05) is 26.1 Å². The van der Waals surface area contributed by atoms with Crippen LogP contribution in [0.2, 0.25) is 0 Å². The molecular formula is C19H27N5O. The van der Waals surface area contributed by atoms with Crippen molar-refractivity contribution in [1.82, 2.24) is 19.7 Å². The fourth-order valence-corrected chi connectivity index (χ4v) is 6.22. The Morgan fingerprint density at radius 2 is 1.92 bits per heavy atom. The summed E-state index contributed by atoms with van der Waals surface area (Å²) in [5.41, 5.74) is 7.65. The third kappa shape index (κ3) is 2.90. The monoisotopic (exact) mass is 341 g/mol. The van der Waals surface area contributed by atoms with Gasteiger partial charge in [-0.25, -0.2) is 4.98 Å². The Bertz CT molecular complexity index is 728. The number of imidazole rings is 1. The van der Waals surface area contributed by atoms with E-state index in [-0.39, 0.29) is 6.04 Å². The van der Waals surface area contributed by atoms with Crippen LogP contribution in [0.5, 0.6) is 0 Å². The molecular weight excluding hydrogens is 314 g/mol. The molecule has 4 bridgehead atoms. The van der Waals surface area contributed by atoms with Crippen LogP contribution in [0.15, 0.2) is 17.0 Å². The minimum Gasteiger partial charge on any atom is -0.340 e. The first-order valence-corrected chi connectivity index (χ1v) is 9.62. The van der Waals surface area contributed by atoms with E-state index in [0.29, 0.717) is 17.7 Å². The summed E-state index contributed by atoms with van der Waals surface area (Å²) in [7, 11) is 1.96. The zero-order chi connectivity index (χ0) is 17.0. The van der Waals surface area contributed by atoms with Gasteiger partial charge in [0.1, 0.15) is 0 Å². The van der Waals surface area contributed by atoms with Gasteiger partial charge in [-0.2, -0.15) is 4.98 Å². The molecule has 134 valence electrons. The SMILES string of the molecule is Cn1cnc(C[C@H](N)c2nc(CC34CC5CC(CC(C5)C3)C4)no2)c1. The Morgan fingerprint density at radius 1 is 1.24 bits per heavy atom. The van der Waals surface area contributed by atoms with Crippen LogP contribution in [0.1, 0.15) is 62.0 Å². The highest BCUT2D eigenvalue weighted by atomic mass is 16.5. The number of nitrogens with two attached hydrogens (primary N) is 1. The van der Waals surface area contributed by atoms with Gasteiger partial charge in [0.2, 0.25) is 5.89 Å². The normalized spacial score (nSPS) is 34.6. The molecule has 0 saturated heterocycles. The maximum atomic E-state index is 6.27. The van der Waals surface area contributed by atoms with Crippen LogP contribution in [0.3, 0.4) is 0 Å². The molecule has 4 saturated carbocycles. The van der Waals surface area contributed by atoms with Crippen molar-refractivity contribution in [1.29, 1.82) is 0 Å². The van der Waals surface area contributed by atoms with Gasteiger partial charge in [-0.3, -0.25) is 0 Å². The van der Waals surface area contributed by atoms with E-state index in [9.17, 15) is 0 Å². The Hall–Kier alpha value is -1.69. The molecule has 1 atom stereocenters. The summed E-state index contributed by atoms with van der Waals surface area (Å²) in [5, 5.41) is 4.27. The molecule has 0 spiro atoms. The van der Waals surface area contributed by atoms with Gasteiger partial charge in [-0.1, -0.05) is 5.16 Å². The zero-order valence-electron chi connectivity index (χ0n) is 14.9. The predicted molar refractivity (Wildman–Crippen MR) is 92.4 cm³/mol. The lowest BCUT2D eigenvalue weighted by Gasteiger charge is -2.56. The van der Waals surface area contributed by atoms with E-state index < -0.39 is 0 Å². The summed E-state index contributed by atoms with van der Waals surface area (Å²) in [5.74, 6) is 4.25. The smallest absolute Gasteiger partial charge is 0.243 e. The van der Waals surface area contributed by atoms with Gasteiger partial charge in [-0.15, -0.1) is 0 Å². The summed E-state index contributed by atoms with van der Waals surface area (Å²) >= 11 is 0. The average molecular weight is 341 g/mol. The largest absolute Gasteiger partial charge is 0.340 e. The molecule has 2 heterocycles. The van der Waals surface area contributed by atoms with Crippen molar-refractivity contribution in [3.8, 4) is 0 Å². The van der Waals surface area contributed by atoms with Gasteiger partial charge < -0.3 is 14.8 Å². The number of hydrogen-bond donors (Lipinski definition) is 1. The Kier molecular flexibility index (Phi) is 3.52. The molecule has 4 aliphatic carbocycles. The molecule has 0 aliphatic heterocycles. The maximum Gasteiger partial charge on any atom is 0.243 e. The number of aromatic nitrogens is 4. The van der Waals surface area contributed by atoms with Crippen LogP contribution < -0.4 is 5.73 Å². The Labute approximate surface area is 148 Å². The van der Waals surface area contributed by atoms with E-state index in [1.54, 1.807) is 6.33 Å². The minimum atomic E-state index is -0.285. The highest BCUT2D eigenvalue weighted by Gasteiger charge is 2.51. The second-order valence-corrected chi connectivity index (χ2v) is 8.98. The topological polar surface area (TPSA) is 82.8 Å². The van der Waals surface area contributed by atoms with E-state index in [1.165, 1.54) is 38.5 Å². The highest BCUT2D eigenvalue weighted by Crippen LogP contribution is 2.60. The molecule has 4 fully saturated rings. The van der Waals surface area contributed by atoms with Crippen LogP contribution in [0.4, 0.5) is 0 Å². The first-order chi connectivity index (χ1) is 12.1. The number of hydrogen-bond acceptors (Lipinski definition) is 5. The molecule has 0 amide bonds. The third-order valence-corrected chi connectivity index (χ3v) is 6.69. The molecule has 2 N–H and O–H groups in total. The van der Waals surface area contributed by atoms with Gasteiger partial charge in [-0.05, 0) is 61.7 Å². The molecule has 2 aromatic heterocycles. The second kappa shape index (κ2) is 5.66. The summed E-state index contributed by atoms with van der Waals surface area (Å²) in [6.07, 6.45) is 13.8. The van der Waals surface area contributed by atoms with Crippen LogP contribution in [0.25, 0.3) is 0 Å². The van der Waals surface area contributed by atoms with Crippen molar-refractivity contribution in [2.75, 3.05) is 0 Å². The molecule has 0 radical (unpaired) electrons. The highest BCUT2D eigenvalue weighted by molar-refractivity contribution is 5.07. The lowest BCUT2D eigenvalue weighted by molar-refractivity contribution is -0.0533. The van der Waals surface area contributed by atoms with Gasteiger partial charge >= 0.3 is 0 Å². The fourth-order valence-electron chi connectivity index (χ4n) is 6.22. The van der Waals surface area contributed by atoms with Crippen LogP contribution in [0, 0.1) is 23.2 Å². The molecule has 6 rings (SSSR count). The summed E-state index contributed by atoms with van der Waals surface area (Å²) < 4.78 is 7.42. The Balaban J connectivity index is 1.28. The van der Waals surface area contributed by atoms with Gasteiger partial charge in [0.05, 0.1) is 18.1 Å². The lowest BCUT2D eigenvalue weighted by Crippen LogP contribution is -2.47. The first-order valence-electron chi connectivity index (χ1n) is 9.62. The fraction of sp³-hybridized carbons (Fsp3) is 0.737. The maximum absolute atomic E-state index is 6.27. The minimum absolute atomic E-state index is 0.285. The van der Waals surface area contributed by atoms with Crippen molar-refractivity contribution in [2.24, 2.45) is 36.0 Å². The molecule has 0 aromatic carbocycles.